The molecule has 0 bridgehead atoms. The van der Waals surface area contributed by atoms with E-state index in [0.717, 1.165) is 25.9 Å². The lowest BCUT2D eigenvalue weighted by molar-refractivity contribution is 0.162. The number of rotatable bonds is 2. The van der Waals surface area contributed by atoms with Gasteiger partial charge in [-0.1, -0.05) is 29.3 Å². The third-order valence-electron chi connectivity index (χ3n) is 2.50. The highest BCUT2D eigenvalue weighted by molar-refractivity contribution is 6.42. The van der Waals surface area contributed by atoms with Crippen molar-refractivity contribution in [1.29, 1.82) is 0 Å². The van der Waals surface area contributed by atoms with E-state index in [4.69, 9.17) is 27.9 Å². The number of halogens is 3. The van der Waals surface area contributed by atoms with Gasteiger partial charge in [-0.15, -0.1) is 12.4 Å². The summed E-state index contributed by atoms with van der Waals surface area (Å²) in [6, 6.07) is 5.47. The molecule has 1 fully saturated rings. The van der Waals surface area contributed by atoms with Gasteiger partial charge in [-0.05, 0) is 38.1 Å². The lowest BCUT2D eigenvalue weighted by atomic mass is 10.1. The molecule has 1 aliphatic heterocycles. The smallest absolute Gasteiger partial charge is 0.139 e. The molecule has 0 aliphatic carbocycles. The van der Waals surface area contributed by atoms with E-state index in [9.17, 15) is 0 Å². The molecular weight excluding hydrogens is 268 g/mol. The molecule has 0 radical (unpaired) electrons. The average molecular weight is 283 g/mol. The van der Waals surface area contributed by atoms with E-state index in [2.05, 4.69) is 5.32 Å². The molecule has 90 valence electrons. The molecular formula is C11H14Cl3NO. The molecule has 1 heterocycles. The van der Waals surface area contributed by atoms with Crippen LogP contribution in [0.15, 0.2) is 18.2 Å². The van der Waals surface area contributed by atoms with Crippen molar-refractivity contribution in [2.75, 3.05) is 13.1 Å². The quantitative estimate of drug-likeness (QED) is 0.896. The summed E-state index contributed by atoms with van der Waals surface area (Å²) in [6.45, 7) is 2.01. The predicted molar refractivity (Wildman–Crippen MR) is 70.2 cm³/mol. The van der Waals surface area contributed by atoms with Gasteiger partial charge >= 0.3 is 0 Å². The topological polar surface area (TPSA) is 21.3 Å². The Morgan fingerprint density at radius 3 is 2.56 bits per heavy atom. The molecule has 0 atom stereocenters. The van der Waals surface area contributed by atoms with Crippen LogP contribution in [0.25, 0.3) is 0 Å². The molecule has 0 unspecified atom stereocenters. The minimum absolute atomic E-state index is 0. The Kier molecular flexibility index (Phi) is 5.70. The molecule has 5 heteroatoms. The second kappa shape index (κ2) is 6.55. The first-order valence-electron chi connectivity index (χ1n) is 5.09. The number of hydrogen-bond donors (Lipinski definition) is 1. The molecule has 0 amide bonds. The van der Waals surface area contributed by atoms with Crippen molar-refractivity contribution < 1.29 is 4.74 Å². The molecule has 2 rings (SSSR count). The molecule has 0 aromatic heterocycles. The normalized spacial score (nSPS) is 16.6. The van der Waals surface area contributed by atoms with Crippen LogP contribution in [0.3, 0.4) is 0 Å². The first-order chi connectivity index (χ1) is 7.27. The third-order valence-corrected chi connectivity index (χ3v) is 3.30. The van der Waals surface area contributed by atoms with Gasteiger partial charge in [-0.25, -0.2) is 0 Å². The minimum atomic E-state index is 0. The van der Waals surface area contributed by atoms with Crippen LogP contribution >= 0.6 is 35.6 Å². The van der Waals surface area contributed by atoms with E-state index >= 15 is 0 Å². The second-order valence-corrected chi connectivity index (χ2v) is 4.40. The number of hydrogen-bond acceptors (Lipinski definition) is 2. The van der Waals surface area contributed by atoms with Crippen molar-refractivity contribution in [3.8, 4) is 5.75 Å². The number of ether oxygens (including phenoxy) is 1. The van der Waals surface area contributed by atoms with Crippen LogP contribution in [-0.2, 0) is 0 Å². The van der Waals surface area contributed by atoms with Crippen LogP contribution < -0.4 is 10.1 Å². The predicted octanol–water partition coefficient (Wildman–Crippen LogP) is 3.55. The van der Waals surface area contributed by atoms with Crippen molar-refractivity contribution in [2.24, 2.45) is 0 Å². The zero-order valence-corrected chi connectivity index (χ0v) is 11.0. The van der Waals surface area contributed by atoms with Gasteiger partial charge in [0.2, 0.25) is 0 Å². The van der Waals surface area contributed by atoms with Gasteiger partial charge in [-0.2, -0.15) is 0 Å². The summed E-state index contributed by atoms with van der Waals surface area (Å²) in [4.78, 5) is 0. The fourth-order valence-corrected chi connectivity index (χ4v) is 2.00. The van der Waals surface area contributed by atoms with E-state index < -0.39 is 0 Å². The van der Waals surface area contributed by atoms with E-state index in [-0.39, 0.29) is 18.5 Å². The first kappa shape index (κ1) is 13.9. The van der Waals surface area contributed by atoms with Crippen molar-refractivity contribution in [3.05, 3.63) is 28.2 Å². The van der Waals surface area contributed by atoms with Crippen LogP contribution in [0, 0.1) is 0 Å². The van der Waals surface area contributed by atoms with Crippen LogP contribution in [0.5, 0.6) is 5.75 Å². The maximum atomic E-state index is 6.04. The van der Waals surface area contributed by atoms with Crippen molar-refractivity contribution in [3.63, 3.8) is 0 Å². The summed E-state index contributed by atoms with van der Waals surface area (Å²) in [5.74, 6) is 0.691. The Morgan fingerprint density at radius 2 is 1.88 bits per heavy atom. The van der Waals surface area contributed by atoms with Gasteiger partial charge in [0.05, 0.1) is 5.02 Å². The molecule has 2 nitrogen and oxygen atoms in total. The average Bonchev–Trinajstić information content (AvgIpc) is 2.26. The van der Waals surface area contributed by atoms with Gasteiger partial charge in [0.1, 0.15) is 16.9 Å². The van der Waals surface area contributed by atoms with Crippen molar-refractivity contribution in [1.82, 2.24) is 5.32 Å². The van der Waals surface area contributed by atoms with E-state index in [1.807, 2.05) is 12.1 Å². The lowest BCUT2D eigenvalue weighted by Crippen LogP contribution is -2.34. The number of benzene rings is 1. The van der Waals surface area contributed by atoms with Gasteiger partial charge in [0.25, 0.3) is 0 Å². The monoisotopic (exact) mass is 281 g/mol. The Morgan fingerprint density at radius 1 is 1.19 bits per heavy atom. The van der Waals surface area contributed by atoms with E-state index in [1.165, 1.54) is 0 Å². The van der Waals surface area contributed by atoms with Crippen LogP contribution in [0.2, 0.25) is 10.0 Å². The lowest BCUT2D eigenvalue weighted by Gasteiger charge is -2.24. The Balaban J connectivity index is 0.00000128. The largest absolute Gasteiger partial charge is 0.489 e. The fraction of sp³-hybridized carbons (Fsp3) is 0.455. The summed E-state index contributed by atoms with van der Waals surface area (Å²) >= 11 is 11.9. The molecule has 1 N–H and O–H groups in total. The Labute approximate surface area is 112 Å². The number of piperidine rings is 1. The molecule has 0 saturated carbocycles. The molecule has 0 spiro atoms. The van der Waals surface area contributed by atoms with Crippen molar-refractivity contribution in [2.45, 2.75) is 18.9 Å². The Bertz CT molecular complexity index is 340. The van der Waals surface area contributed by atoms with Gasteiger partial charge < -0.3 is 10.1 Å². The summed E-state index contributed by atoms with van der Waals surface area (Å²) < 4.78 is 5.81. The third kappa shape index (κ3) is 3.42. The zero-order valence-electron chi connectivity index (χ0n) is 8.71. The van der Waals surface area contributed by atoms with E-state index in [0.29, 0.717) is 15.8 Å². The van der Waals surface area contributed by atoms with Crippen molar-refractivity contribution >= 4 is 35.6 Å². The Hall–Kier alpha value is -0.150. The molecule has 16 heavy (non-hydrogen) atoms. The summed E-state index contributed by atoms with van der Waals surface area (Å²) in [5, 5.41) is 4.34. The van der Waals surface area contributed by atoms with Gasteiger partial charge in [-0.3, -0.25) is 0 Å². The first-order valence-corrected chi connectivity index (χ1v) is 5.84. The standard InChI is InChI=1S/C11H13Cl2NO.ClH/c12-9-2-1-3-10(11(9)13)15-8-4-6-14-7-5-8;/h1-3,8,14H,4-7H2;1H. The molecule has 1 saturated heterocycles. The van der Waals surface area contributed by atoms with Gasteiger partial charge in [0, 0.05) is 0 Å². The highest BCUT2D eigenvalue weighted by Gasteiger charge is 2.16. The minimum Gasteiger partial charge on any atom is -0.489 e. The molecule has 1 aliphatic rings. The summed E-state index contributed by atoms with van der Waals surface area (Å²) in [6.07, 6.45) is 2.29. The second-order valence-electron chi connectivity index (χ2n) is 3.62. The zero-order chi connectivity index (χ0) is 10.7. The molecule has 1 aromatic carbocycles. The maximum absolute atomic E-state index is 6.04. The summed E-state index contributed by atoms with van der Waals surface area (Å²) in [7, 11) is 0. The van der Waals surface area contributed by atoms with Gasteiger partial charge in [0.15, 0.2) is 0 Å². The fourth-order valence-electron chi connectivity index (χ4n) is 1.67. The molecule has 1 aromatic rings. The van der Waals surface area contributed by atoms with E-state index in [1.54, 1.807) is 6.07 Å². The van der Waals surface area contributed by atoms with Crippen LogP contribution in [-0.4, -0.2) is 19.2 Å². The number of nitrogens with one attached hydrogen (secondary N) is 1. The highest BCUT2D eigenvalue weighted by Crippen LogP contribution is 2.32. The van der Waals surface area contributed by atoms with Crippen LogP contribution in [0.1, 0.15) is 12.8 Å². The summed E-state index contributed by atoms with van der Waals surface area (Å²) in [5.41, 5.74) is 0. The highest BCUT2D eigenvalue weighted by atomic mass is 35.5. The maximum Gasteiger partial charge on any atom is 0.139 e. The van der Waals surface area contributed by atoms with Crippen LogP contribution in [0.4, 0.5) is 0 Å². The SMILES string of the molecule is Cl.Clc1cccc(OC2CCNCC2)c1Cl.